The molecule has 0 bridgehead atoms. The fraction of sp³-hybridized carbons (Fsp3) is 0.571. The third kappa shape index (κ3) is 6.38. The van der Waals surface area contributed by atoms with Gasteiger partial charge in [-0.2, -0.15) is 0 Å². The van der Waals surface area contributed by atoms with Crippen molar-refractivity contribution in [2.75, 3.05) is 40.1 Å². The molecule has 0 aliphatic carbocycles. The smallest absolute Gasteiger partial charge is 0.128 e. The molecule has 0 aliphatic heterocycles. The Morgan fingerprint density at radius 2 is 1.85 bits per heavy atom. The molecule has 4 nitrogen and oxygen atoms in total. The van der Waals surface area contributed by atoms with E-state index in [0.717, 1.165) is 24.6 Å². The van der Waals surface area contributed by atoms with Crippen LogP contribution in [-0.4, -0.2) is 40.1 Å². The first kappa shape index (κ1) is 17.0. The van der Waals surface area contributed by atoms with Crippen LogP contribution in [0.15, 0.2) is 18.2 Å². The lowest BCUT2D eigenvalue weighted by Crippen LogP contribution is -2.20. The highest BCUT2D eigenvalue weighted by Crippen LogP contribution is 2.16. The Kier molecular flexibility index (Phi) is 8.29. The van der Waals surface area contributed by atoms with Gasteiger partial charge in [-0.1, -0.05) is 0 Å². The van der Waals surface area contributed by atoms with E-state index in [1.54, 1.807) is 7.11 Å². The Morgan fingerprint density at radius 3 is 2.60 bits per heavy atom. The van der Waals surface area contributed by atoms with Crippen LogP contribution < -0.4 is 5.73 Å². The maximum atomic E-state index is 13.4. The molecule has 1 rings (SSSR count). The molecule has 0 amide bonds. The highest BCUT2D eigenvalue weighted by Gasteiger charge is 2.12. The summed E-state index contributed by atoms with van der Waals surface area (Å²) < 4.78 is 41.9. The van der Waals surface area contributed by atoms with Gasteiger partial charge in [0.15, 0.2) is 0 Å². The normalized spacial score (nSPS) is 12.6. The number of halogens is 2. The molecule has 0 saturated heterocycles. The Bertz CT molecular complexity index is 391. The molecule has 1 atom stereocenters. The van der Waals surface area contributed by atoms with Crippen LogP contribution in [0.5, 0.6) is 0 Å². The highest BCUT2D eigenvalue weighted by molar-refractivity contribution is 5.22. The van der Waals surface area contributed by atoms with E-state index in [9.17, 15) is 8.78 Å². The number of methoxy groups -OCH3 is 1. The number of hydrogen-bond donors (Lipinski definition) is 1. The molecule has 2 N–H and O–H groups in total. The van der Waals surface area contributed by atoms with Crippen LogP contribution in [0.2, 0.25) is 0 Å². The third-order valence-electron chi connectivity index (χ3n) is 2.66. The molecule has 0 spiro atoms. The van der Waals surface area contributed by atoms with Crippen LogP contribution >= 0.6 is 0 Å². The summed E-state index contributed by atoms with van der Waals surface area (Å²) in [6.07, 6.45) is 0.824. The van der Waals surface area contributed by atoms with Gasteiger partial charge in [-0.3, -0.25) is 0 Å². The van der Waals surface area contributed by atoms with E-state index in [1.165, 1.54) is 0 Å². The van der Waals surface area contributed by atoms with E-state index in [0.29, 0.717) is 26.4 Å². The summed E-state index contributed by atoms with van der Waals surface area (Å²) >= 11 is 0. The maximum absolute atomic E-state index is 13.4. The third-order valence-corrected chi connectivity index (χ3v) is 2.66. The van der Waals surface area contributed by atoms with Crippen molar-refractivity contribution in [3.63, 3.8) is 0 Å². The zero-order valence-corrected chi connectivity index (χ0v) is 11.6. The Morgan fingerprint density at radius 1 is 1.10 bits per heavy atom. The van der Waals surface area contributed by atoms with Crippen molar-refractivity contribution in [3.8, 4) is 0 Å². The second kappa shape index (κ2) is 9.77. The van der Waals surface area contributed by atoms with Gasteiger partial charge in [-0.15, -0.1) is 0 Å². The van der Waals surface area contributed by atoms with Gasteiger partial charge in [0.05, 0.1) is 25.9 Å². The summed E-state index contributed by atoms with van der Waals surface area (Å²) in [7, 11) is 1.63. The molecule has 0 radical (unpaired) electrons. The quantitative estimate of drug-likeness (QED) is 0.670. The summed E-state index contributed by atoms with van der Waals surface area (Å²) in [5, 5.41) is 0. The topological polar surface area (TPSA) is 53.7 Å². The minimum Gasteiger partial charge on any atom is -0.385 e. The Labute approximate surface area is 117 Å². The highest BCUT2D eigenvalue weighted by atomic mass is 19.1. The first-order valence-corrected chi connectivity index (χ1v) is 6.50. The van der Waals surface area contributed by atoms with Crippen molar-refractivity contribution in [2.24, 2.45) is 5.73 Å². The van der Waals surface area contributed by atoms with Crippen LogP contribution in [-0.2, 0) is 14.2 Å². The summed E-state index contributed by atoms with van der Waals surface area (Å²) in [6.45, 7) is 2.16. The van der Waals surface area contributed by atoms with Gasteiger partial charge < -0.3 is 19.9 Å². The lowest BCUT2D eigenvalue weighted by Gasteiger charge is -2.13. The standard InChI is InChI=1S/C14H21F2NO3/c1-18-5-2-6-19-7-8-20-10-14(17)12-9-11(15)3-4-13(12)16/h3-4,9,14H,2,5-8,10,17H2,1H3. The van der Waals surface area contributed by atoms with E-state index in [1.807, 2.05) is 0 Å². The number of ether oxygens (including phenoxy) is 3. The Balaban J connectivity index is 2.17. The van der Waals surface area contributed by atoms with Crippen molar-refractivity contribution in [1.82, 2.24) is 0 Å². The average Bonchev–Trinajstić information content (AvgIpc) is 2.44. The number of hydrogen-bond acceptors (Lipinski definition) is 4. The average molecular weight is 289 g/mol. The summed E-state index contributed by atoms with van der Waals surface area (Å²) in [4.78, 5) is 0. The van der Waals surface area contributed by atoms with Crippen LogP contribution in [0.1, 0.15) is 18.0 Å². The van der Waals surface area contributed by atoms with E-state index >= 15 is 0 Å². The molecule has 6 heteroatoms. The van der Waals surface area contributed by atoms with Gasteiger partial charge in [0.1, 0.15) is 11.6 Å². The van der Waals surface area contributed by atoms with E-state index in [-0.39, 0.29) is 12.2 Å². The van der Waals surface area contributed by atoms with Gasteiger partial charge in [0.2, 0.25) is 0 Å². The predicted molar refractivity (Wildman–Crippen MR) is 71.4 cm³/mol. The van der Waals surface area contributed by atoms with Gasteiger partial charge >= 0.3 is 0 Å². The molecule has 114 valence electrons. The monoisotopic (exact) mass is 289 g/mol. The number of benzene rings is 1. The van der Waals surface area contributed by atoms with E-state index in [4.69, 9.17) is 19.9 Å². The second-order valence-corrected chi connectivity index (χ2v) is 4.31. The molecule has 1 aromatic carbocycles. The first-order chi connectivity index (χ1) is 9.65. The van der Waals surface area contributed by atoms with Crippen LogP contribution in [0.25, 0.3) is 0 Å². The van der Waals surface area contributed by atoms with Crippen LogP contribution in [0.3, 0.4) is 0 Å². The first-order valence-electron chi connectivity index (χ1n) is 6.50. The molecule has 20 heavy (non-hydrogen) atoms. The Hall–Kier alpha value is -1.08. The predicted octanol–water partition coefficient (Wildman–Crippen LogP) is 2.03. The molecule has 0 heterocycles. The van der Waals surface area contributed by atoms with Gasteiger partial charge in [0, 0.05) is 25.9 Å². The number of rotatable bonds is 10. The van der Waals surface area contributed by atoms with Crippen molar-refractivity contribution in [2.45, 2.75) is 12.5 Å². The van der Waals surface area contributed by atoms with Crippen molar-refractivity contribution in [1.29, 1.82) is 0 Å². The SMILES string of the molecule is COCCCOCCOCC(N)c1cc(F)ccc1F. The minimum absolute atomic E-state index is 0.113. The molecule has 0 saturated carbocycles. The summed E-state index contributed by atoms with van der Waals surface area (Å²) in [5.41, 5.74) is 5.87. The largest absolute Gasteiger partial charge is 0.385 e. The molecular formula is C14H21F2NO3. The molecule has 0 aliphatic rings. The summed E-state index contributed by atoms with van der Waals surface area (Å²) in [5.74, 6) is -1.04. The number of nitrogens with two attached hydrogens (primary N) is 1. The molecule has 0 fully saturated rings. The van der Waals surface area contributed by atoms with Crippen LogP contribution in [0.4, 0.5) is 8.78 Å². The zero-order chi connectivity index (χ0) is 14.8. The molecular weight excluding hydrogens is 268 g/mol. The molecule has 0 aromatic heterocycles. The van der Waals surface area contributed by atoms with Crippen LogP contribution in [0, 0.1) is 11.6 Å². The van der Waals surface area contributed by atoms with Gasteiger partial charge in [-0.25, -0.2) is 8.78 Å². The molecule has 1 unspecified atom stereocenters. The van der Waals surface area contributed by atoms with Gasteiger partial charge in [-0.05, 0) is 24.6 Å². The van der Waals surface area contributed by atoms with E-state index in [2.05, 4.69) is 0 Å². The van der Waals surface area contributed by atoms with Crippen molar-refractivity contribution < 1.29 is 23.0 Å². The summed E-state index contributed by atoms with van der Waals surface area (Å²) in [6, 6.07) is 2.51. The van der Waals surface area contributed by atoms with Crippen molar-refractivity contribution in [3.05, 3.63) is 35.4 Å². The maximum Gasteiger partial charge on any atom is 0.128 e. The molecule has 1 aromatic rings. The fourth-order valence-electron chi connectivity index (χ4n) is 1.62. The lowest BCUT2D eigenvalue weighted by atomic mass is 10.1. The lowest BCUT2D eigenvalue weighted by molar-refractivity contribution is 0.0353. The zero-order valence-electron chi connectivity index (χ0n) is 11.6. The van der Waals surface area contributed by atoms with E-state index < -0.39 is 17.7 Å². The van der Waals surface area contributed by atoms with Crippen molar-refractivity contribution >= 4 is 0 Å². The fourth-order valence-corrected chi connectivity index (χ4v) is 1.62. The van der Waals surface area contributed by atoms with Gasteiger partial charge in [0.25, 0.3) is 0 Å². The minimum atomic E-state index is -0.695. The second-order valence-electron chi connectivity index (χ2n) is 4.31.